The van der Waals surface area contributed by atoms with Crippen LogP contribution in [0.5, 0.6) is 0 Å². The van der Waals surface area contributed by atoms with Crippen LogP contribution in [0.3, 0.4) is 0 Å². The fraction of sp³-hybridized carbons (Fsp3) is 0.100. The number of rotatable bonds is 3. The first-order valence-corrected chi connectivity index (χ1v) is 8.50. The van der Waals surface area contributed by atoms with Crippen molar-refractivity contribution >= 4 is 23.0 Å². The zero-order valence-corrected chi connectivity index (χ0v) is 14.4. The molecule has 1 aliphatic heterocycles. The van der Waals surface area contributed by atoms with Crippen molar-refractivity contribution in [2.45, 2.75) is 12.3 Å². The molecule has 0 aliphatic carbocycles. The second-order valence-corrected chi connectivity index (χ2v) is 6.47. The fourth-order valence-corrected chi connectivity index (χ4v) is 3.27. The van der Waals surface area contributed by atoms with Gasteiger partial charge in [0.25, 0.3) is 5.69 Å². The Morgan fingerprint density at radius 1 is 0.962 bits per heavy atom. The summed E-state index contributed by atoms with van der Waals surface area (Å²) >= 11 is 6.18. The van der Waals surface area contributed by atoms with Gasteiger partial charge in [0.05, 0.1) is 4.92 Å². The van der Waals surface area contributed by atoms with E-state index in [1.54, 1.807) is 12.1 Å². The maximum absolute atomic E-state index is 10.9. The van der Waals surface area contributed by atoms with Gasteiger partial charge in [0.15, 0.2) is 6.23 Å². The van der Waals surface area contributed by atoms with E-state index in [4.69, 9.17) is 16.3 Å². The Labute approximate surface area is 155 Å². The second kappa shape index (κ2) is 6.78. The summed E-state index contributed by atoms with van der Waals surface area (Å²) in [4.78, 5) is 10.5. The number of benzene rings is 3. The minimum atomic E-state index is -0.422. The number of anilines is 1. The number of halogens is 1. The number of nitro benzene ring substituents is 1. The van der Waals surface area contributed by atoms with Crippen molar-refractivity contribution < 1.29 is 9.66 Å². The van der Waals surface area contributed by atoms with Crippen molar-refractivity contribution in [3.8, 4) is 0 Å². The molecular weight excluding hydrogens is 352 g/mol. The van der Waals surface area contributed by atoms with Crippen LogP contribution in [0, 0.1) is 10.1 Å². The van der Waals surface area contributed by atoms with Gasteiger partial charge in [-0.2, -0.15) is 0 Å². The highest BCUT2D eigenvalue weighted by atomic mass is 35.5. The minimum absolute atomic E-state index is 0.0522. The Morgan fingerprint density at radius 2 is 1.69 bits per heavy atom. The zero-order valence-electron chi connectivity index (χ0n) is 13.6. The van der Waals surface area contributed by atoms with Gasteiger partial charge in [0.1, 0.15) is 6.10 Å². The molecule has 1 heterocycles. The summed E-state index contributed by atoms with van der Waals surface area (Å²) in [6, 6.07) is 21.9. The van der Waals surface area contributed by atoms with Crippen LogP contribution in [0.1, 0.15) is 29.0 Å². The molecule has 2 atom stereocenters. The molecule has 0 spiro atoms. The minimum Gasteiger partial charge on any atom is -0.356 e. The maximum atomic E-state index is 10.9. The van der Waals surface area contributed by atoms with Crippen LogP contribution in [0.4, 0.5) is 11.4 Å². The Balaban J connectivity index is 1.73. The van der Waals surface area contributed by atoms with E-state index in [9.17, 15) is 10.1 Å². The van der Waals surface area contributed by atoms with E-state index in [1.165, 1.54) is 12.1 Å². The van der Waals surface area contributed by atoms with E-state index in [1.807, 2.05) is 48.5 Å². The number of nitrogens with one attached hydrogen (secondary N) is 1. The maximum Gasteiger partial charge on any atom is 0.269 e. The monoisotopic (exact) mass is 366 g/mol. The van der Waals surface area contributed by atoms with Crippen LogP contribution in [-0.2, 0) is 4.74 Å². The van der Waals surface area contributed by atoms with Gasteiger partial charge in [-0.3, -0.25) is 10.1 Å². The average molecular weight is 367 g/mol. The molecule has 6 heteroatoms. The van der Waals surface area contributed by atoms with Crippen molar-refractivity contribution in [2.75, 3.05) is 5.32 Å². The van der Waals surface area contributed by atoms with E-state index in [0.29, 0.717) is 5.02 Å². The van der Waals surface area contributed by atoms with E-state index < -0.39 is 11.2 Å². The Bertz CT molecular complexity index is 945. The summed E-state index contributed by atoms with van der Waals surface area (Å²) in [5, 5.41) is 14.8. The molecule has 4 rings (SSSR count). The van der Waals surface area contributed by atoms with E-state index in [0.717, 1.165) is 22.4 Å². The molecule has 0 aromatic heterocycles. The van der Waals surface area contributed by atoms with Crippen LogP contribution in [-0.4, -0.2) is 4.92 Å². The molecule has 5 nitrogen and oxygen atoms in total. The first-order chi connectivity index (χ1) is 12.6. The number of ether oxygens (including phenoxy) is 1. The van der Waals surface area contributed by atoms with Gasteiger partial charge in [0, 0.05) is 34.0 Å². The number of fused-ring (bicyclic) bond motifs is 1. The summed E-state index contributed by atoms with van der Waals surface area (Å²) in [7, 11) is 0. The zero-order chi connectivity index (χ0) is 18.1. The van der Waals surface area contributed by atoms with E-state index >= 15 is 0 Å². The fourth-order valence-electron chi connectivity index (χ4n) is 3.09. The molecule has 1 aliphatic rings. The lowest BCUT2D eigenvalue weighted by molar-refractivity contribution is -0.384. The standard InChI is InChI=1S/C20H15ClN2O3/c21-15-8-11-18-17(12-15)19(13-4-2-1-3-5-13)26-20(22-18)14-6-9-16(10-7-14)23(24)25/h1-12,19-20,22H/t19-,20+/m0/s1. The molecule has 0 fully saturated rings. The van der Waals surface area contributed by atoms with E-state index in [2.05, 4.69) is 5.32 Å². The molecule has 0 amide bonds. The summed E-state index contributed by atoms with van der Waals surface area (Å²) in [6.45, 7) is 0. The number of hydrogen-bond acceptors (Lipinski definition) is 4. The Morgan fingerprint density at radius 3 is 2.38 bits per heavy atom. The first kappa shape index (κ1) is 16.6. The van der Waals surface area contributed by atoms with Gasteiger partial charge in [-0.25, -0.2) is 0 Å². The van der Waals surface area contributed by atoms with Crippen molar-refractivity contribution in [3.63, 3.8) is 0 Å². The molecule has 3 aromatic carbocycles. The Hall–Kier alpha value is -2.89. The SMILES string of the molecule is O=[N+]([O-])c1ccc([C@@H]2Nc3ccc(Cl)cc3[C@H](c3ccccc3)O2)cc1. The summed E-state index contributed by atoms with van der Waals surface area (Å²) in [5.74, 6) is 0. The predicted molar refractivity (Wildman–Crippen MR) is 100 cm³/mol. The van der Waals surface area contributed by atoms with E-state index in [-0.39, 0.29) is 11.8 Å². The van der Waals surface area contributed by atoms with Crippen molar-refractivity contribution in [1.29, 1.82) is 0 Å². The van der Waals surface area contributed by atoms with Crippen LogP contribution in [0.25, 0.3) is 0 Å². The summed E-state index contributed by atoms with van der Waals surface area (Å²) in [6.07, 6.45) is -0.707. The van der Waals surface area contributed by atoms with Crippen LogP contribution in [0.2, 0.25) is 5.02 Å². The van der Waals surface area contributed by atoms with Gasteiger partial charge in [0.2, 0.25) is 0 Å². The van der Waals surface area contributed by atoms with Gasteiger partial charge in [-0.05, 0) is 35.9 Å². The van der Waals surface area contributed by atoms with Gasteiger partial charge in [-0.1, -0.05) is 41.9 Å². The normalized spacial score (nSPS) is 18.7. The number of hydrogen-bond donors (Lipinski definition) is 1. The van der Waals surface area contributed by atoms with Crippen LogP contribution >= 0.6 is 11.6 Å². The molecule has 26 heavy (non-hydrogen) atoms. The van der Waals surface area contributed by atoms with Crippen LogP contribution < -0.4 is 5.32 Å². The molecule has 0 saturated carbocycles. The van der Waals surface area contributed by atoms with Crippen LogP contribution in [0.15, 0.2) is 72.8 Å². The molecular formula is C20H15ClN2O3. The predicted octanol–water partition coefficient (Wildman–Crippen LogP) is 5.48. The molecule has 0 radical (unpaired) electrons. The summed E-state index contributed by atoms with van der Waals surface area (Å²) in [5.41, 5.74) is 3.78. The van der Waals surface area contributed by atoms with Gasteiger partial charge < -0.3 is 10.1 Å². The molecule has 0 bridgehead atoms. The molecule has 0 saturated heterocycles. The highest BCUT2D eigenvalue weighted by Gasteiger charge is 2.29. The third-order valence-electron chi connectivity index (χ3n) is 4.36. The average Bonchev–Trinajstić information content (AvgIpc) is 2.68. The van der Waals surface area contributed by atoms with Crippen molar-refractivity contribution in [3.05, 3.63) is 105 Å². The lowest BCUT2D eigenvalue weighted by Crippen LogP contribution is -2.25. The third-order valence-corrected chi connectivity index (χ3v) is 4.60. The highest BCUT2D eigenvalue weighted by Crippen LogP contribution is 2.42. The summed E-state index contributed by atoms with van der Waals surface area (Å²) < 4.78 is 6.30. The lowest BCUT2D eigenvalue weighted by atomic mass is 9.97. The molecule has 3 aromatic rings. The van der Waals surface area contributed by atoms with Gasteiger partial charge in [-0.15, -0.1) is 0 Å². The second-order valence-electron chi connectivity index (χ2n) is 6.03. The third kappa shape index (κ3) is 3.14. The van der Waals surface area contributed by atoms with Gasteiger partial charge >= 0.3 is 0 Å². The smallest absolute Gasteiger partial charge is 0.269 e. The molecule has 1 N–H and O–H groups in total. The van der Waals surface area contributed by atoms with Crippen molar-refractivity contribution in [2.24, 2.45) is 0 Å². The first-order valence-electron chi connectivity index (χ1n) is 8.12. The largest absolute Gasteiger partial charge is 0.356 e. The number of nitro groups is 1. The quantitative estimate of drug-likeness (QED) is 0.492. The Kier molecular flexibility index (Phi) is 4.32. The number of non-ortho nitro benzene ring substituents is 1. The van der Waals surface area contributed by atoms with Crippen molar-refractivity contribution in [1.82, 2.24) is 0 Å². The topological polar surface area (TPSA) is 64.4 Å². The molecule has 0 unspecified atom stereocenters. The highest BCUT2D eigenvalue weighted by molar-refractivity contribution is 6.30. The molecule has 130 valence electrons. The lowest BCUT2D eigenvalue weighted by Gasteiger charge is -2.34. The number of nitrogens with zero attached hydrogens (tertiary/aromatic N) is 1.